The maximum absolute atomic E-state index is 11.3. The highest BCUT2D eigenvalue weighted by Gasteiger charge is 2.24. The normalized spacial score (nSPS) is 13.1. The molecule has 0 radical (unpaired) electrons. The van der Waals surface area contributed by atoms with Crippen LogP contribution in [0.2, 0.25) is 0 Å². The largest absolute Gasteiger partial charge is 0.340 e. The number of para-hydroxylation sites is 2. The maximum Gasteiger partial charge on any atom is 0.150 e. The highest BCUT2D eigenvalue weighted by Crippen LogP contribution is 2.49. The fourth-order valence-corrected chi connectivity index (χ4v) is 8.57. The Morgan fingerprint density at radius 1 is 0.432 bits per heavy atom. The standard InChI is InChI=1S/C38H40N2O2S2/c41-27-29-19-21-33-37(25-29)43-35-17-11-9-15-31(35)39(33)23-13-7-5-3-1-2-4-6-8-14-24-40-32-16-10-12-18-36(32)44-38-26-30(28-42)20-22-34(38)40/h9-12,15-22,25-28H,1-8,13-14,23-24H2. The van der Waals surface area contributed by atoms with Gasteiger partial charge in [0.2, 0.25) is 0 Å². The van der Waals surface area contributed by atoms with Crippen LogP contribution in [-0.4, -0.2) is 25.7 Å². The van der Waals surface area contributed by atoms with Crippen LogP contribution in [-0.2, 0) is 0 Å². The lowest BCUT2D eigenvalue weighted by molar-refractivity contribution is 0.111. The van der Waals surface area contributed by atoms with Crippen LogP contribution in [0.4, 0.5) is 22.7 Å². The number of benzene rings is 4. The molecule has 0 spiro atoms. The number of aldehydes is 2. The van der Waals surface area contributed by atoms with E-state index in [9.17, 15) is 9.59 Å². The Balaban J connectivity index is 0.883. The predicted molar refractivity (Wildman–Crippen MR) is 185 cm³/mol. The first-order valence-corrected chi connectivity index (χ1v) is 17.7. The Morgan fingerprint density at radius 2 is 0.795 bits per heavy atom. The maximum atomic E-state index is 11.3. The van der Waals surface area contributed by atoms with Crippen molar-refractivity contribution in [1.82, 2.24) is 0 Å². The third-order valence-corrected chi connectivity index (χ3v) is 10.8. The number of rotatable bonds is 15. The van der Waals surface area contributed by atoms with Crippen molar-refractivity contribution in [1.29, 1.82) is 0 Å². The van der Waals surface area contributed by atoms with E-state index in [0.717, 1.165) is 36.8 Å². The van der Waals surface area contributed by atoms with Crippen molar-refractivity contribution in [3.8, 4) is 0 Å². The lowest BCUT2D eigenvalue weighted by Gasteiger charge is -2.33. The molecule has 0 saturated heterocycles. The van der Waals surface area contributed by atoms with Crippen molar-refractivity contribution in [2.24, 2.45) is 0 Å². The molecule has 0 bridgehead atoms. The minimum Gasteiger partial charge on any atom is -0.340 e. The average Bonchev–Trinajstić information content (AvgIpc) is 3.07. The molecule has 2 aliphatic heterocycles. The monoisotopic (exact) mass is 620 g/mol. The van der Waals surface area contributed by atoms with Gasteiger partial charge in [-0.25, -0.2) is 0 Å². The summed E-state index contributed by atoms with van der Waals surface area (Å²) in [7, 11) is 0. The molecule has 2 heterocycles. The van der Waals surface area contributed by atoms with Crippen LogP contribution in [0.25, 0.3) is 0 Å². The molecular formula is C38H40N2O2S2. The molecule has 0 amide bonds. The number of nitrogens with zero attached hydrogens (tertiary/aromatic N) is 2. The second-order valence-electron chi connectivity index (χ2n) is 11.7. The van der Waals surface area contributed by atoms with E-state index in [4.69, 9.17) is 0 Å². The van der Waals surface area contributed by atoms with E-state index >= 15 is 0 Å². The molecule has 0 aromatic heterocycles. The van der Waals surface area contributed by atoms with E-state index in [1.165, 1.54) is 107 Å². The second-order valence-corrected chi connectivity index (χ2v) is 13.8. The Hall–Kier alpha value is -3.48. The van der Waals surface area contributed by atoms with E-state index in [2.05, 4.69) is 70.5 Å². The lowest BCUT2D eigenvalue weighted by atomic mass is 10.1. The van der Waals surface area contributed by atoms with E-state index in [1.807, 2.05) is 24.3 Å². The lowest BCUT2D eigenvalue weighted by Crippen LogP contribution is -2.22. The fraction of sp³-hybridized carbons (Fsp3) is 0.316. The van der Waals surface area contributed by atoms with Crippen LogP contribution in [0, 0.1) is 0 Å². The number of unbranched alkanes of at least 4 members (excludes halogenated alkanes) is 9. The van der Waals surface area contributed by atoms with Crippen LogP contribution >= 0.6 is 23.5 Å². The molecular weight excluding hydrogens is 581 g/mol. The molecule has 44 heavy (non-hydrogen) atoms. The molecule has 2 aliphatic rings. The van der Waals surface area contributed by atoms with Gasteiger partial charge in [-0.15, -0.1) is 0 Å². The van der Waals surface area contributed by atoms with Gasteiger partial charge in [-0.1, -0.05) is 99.2 Å². The summed E-state index contributed by atoms with van der Waals surface area (Å²) in [6.07, 6.45) is 14.6. The van der Waals surface area contributed by atoms with Crippen LogP contribution in [0.1, 0.15) is 84.9 Å². The Labute approximate surface area is 270 Å². The zero-order valence-corrected chi connectivity index (χ0v) is 26.9. The van der Waals surface area contributed by atoms with Gasteiger partial charge in [0.25, 0.3) is 0 Å². The zero-order chi connectivity index (χ0) is 30.1. The Morgan fingerprint density at radius 3 is 1.20 bits per heavy atom. The van der Waals surface area contributed by atoms with Gasteiger partial charge >= 0.3 is 0 Å². The molecule has 6 rings (SSSR count). The molecule has 0 saturated carbocycles. The van der Waals surface area contributed by atoms with Gasteiger partial charge in [-0.2, -0.15) is 0 Å². The number of carbonyl (C=O) groups excluding carboxylic acids is 2. The number of hydrogen-bond donors (Lipinski definition) is 0. The Kier molecular flexibility index (Phi) is 10.4. The van der Waals surface area contributed by atoms with Gasteiger partial charge < -0.3 is 9.80 Å². The van der Waals surface area contributed by atoms with Crippen molar-refractivity contribution < 1.29 is 9.59 Å². The summed E-state index contributed by atoms with van der Waals surface area (Å²) in [6.45, 7) is 2.02. The quantitative estimate of drug-likeness (QED) is 0.0973. The molecule has 6 heteroatoms. The first-order chi connectivity index (χ1) is 21.7. The van der Waals surface area contributed by atoms with Crippen molar-refractivity contribution in [2.45, 2.75) is 83.8 Å². The third-order valence-electron chi connectivity index (χ3n) is 8.59. The Bertz CT molecular complexity index is 1480. The van der Waals surface area contributed by atoms with Gasteiger partial charge in [0.05, 0.1) is 22.7 Å². The summed E-state index contributed by atoms with van der Waals surface area (Å²) in [4.78, 5) is 32.4. The molecule has 0 atom stereocenters. The molecule has 0 N–H and O–H groups in total. The molecule has 0 aliphatic carbocycles. The molecule has 4 aromatic rings. The van der Waals surface area contributed by atoms with Crippen molar-refractivity contribution in [2.75, 3.05) is 22.9 Å². The minimum atomic E-state index is 0.739. The zero-order valence-electron chi connectivity index (χ0n) is 25.3. The van der Waals surface area contributed by atoms with Crippen molar-refractivity contribution in [3.63, 3.8) is 0 Å². The van der Waals surface area contributed by atoms with Crippen LogP contribution in [0.15, 0.2) is 105 Å². The van der Waals surface area contributed by atoms with Gasteiger partial charge in [0.1, 0.15) is 12.6 Å². The number of hydrogen-bond acceptors (Lipinski definition) is 6. The smallest absolute Gasteiger partial charge is 0.150 e. The molecule has 226 valence electrons. The molecule has 0 fully saturated rings. The van der Waals surface area contributed by atoms with Crippen LogP contribution < -0.4 is 9.80 Å². The van der Waals surface area contributed by atoms with Gasteiger partial charge in [-0.3, -0.25) is 9.59 Å². The fourth-order valence-electron chi connectivity index (χ4n) is 6.28. The summed E-state index contributed by atoms with van der Waals surface area (Å²) in [6, 6.07) is 29.3. The first kappa shape index (κ1) is 30.5. The number of fused-ring (bicyclic) bond motifs is 4. The summed E-state index contributed by atoms with van der Waals surface area (Å²) >= 11 is 3.53. The van der Waals surface area contributed by atoms with Gasteiger partial charge in [0.15, 0.2) is 0 Å². The second kappa shape index (κ2) is 15.0. The van der Waals surface area contributed by atoms with Gasteiger partial charge in [-0.05, 0) is 73.5 Å². The molecule has 4 nitrogen and oxygen atoms in total. The third kappa shape index (κ3) is 7.08. The summed E-state index contributed by atoms with van der Waals surface area (Å²) in [5.74, 6) is 0. The highest BCUT2D eigenvalue weighted by molar-refractivity contribution is 8.00. The predicted octanol–water partition coefficient (Wildman–Crippen LogP) is 11.1. The van der Waals surface area contributed by atoms with E-state index in [1.54, 1.807) is 23.5 Å². The van der Waals surface area contributed by atoms with E-state index in [0.29, 0.717) is 0 Å². The summed E-state index contributed by atoms with van der Waals surface area (Å²) in [5.41, 5.74) is 6.48. The van der Waals surface area contributed by atoms with Crippen LogP contribution in [0.3, 0.4) is 0 Å². The summed E-state index contributed by atoms with van der Waals surface area (Å²) in [5, 5.41) is 0. The topological polar surface area (TPSA) is 40.6 Å². The van der Waals surface area contributed by atoms with E-state index in [-0.39, 0.29) is 0 Å². The van der Waals surface area contributed by atoms with Crippen molar-refractivity contribution in [3.05, 3.63) is 96.1 Å². The first-order valence-electron chi connectivity index (χ1n) is 16.0. The van der Waals surface area contributed by atoms with Crippen molar-refractivity contribution >= 4 is 58.8 Å². The number of anilines is 4. The average molecular weight is 621 g/mol. The van der Waals surface area contributed by atoms with Crippen LogP contribution in [0.5, 0.6) is 0 Å². The SMILES string of the molecule is O=Cc1ccc2c(c1)Sc1ccccc1N2CCCCCCCCCCCCN1c2ccccc2Sc2cc(C=O)ccc21. The molecule has 0 unspecified atom stereocenters. The minimum absolute atomic E-state index is 0.739. The highest BCUT2D eigenvalue weighted by atomic mass is 32.2. The van der Waals surface area contributed by atoms with Gasteiger partial charge in [0, 0.05) is 43.8 Å². The van der Waals surface area contributed by atoms with E-state index < -0.39 is 0 Å². The summed E-state index contributed by atoms with van der Waals surface area (Å²) < 4.78 is 0. The molecule has 4 aromatic carbocycles. The number of carbonyl (C=O) groups is 2.